The second kappa shape index (κ2) is 0.742. The Morgan fingerprint density at radius 1 is 1.67 bits per heavy atom. The van der Waals surface area contributed by atoms with Crippen LogP contribution in [0.3, 0.4) is 0 Å². The first kappa shape index (κ1) is 3.63. The number of hydrogen-bond acceptors (Lipinski definition) is 2. The van der Waals surface area contributed by atoms with Crippen molar-refractivity contribution in [2.75, 3.05) is 0 Å². The van der Waals surface area contributed by atoms with Crippen LogP contribution in [0, 0.1) is 11.3 Å². The lowest BCUT2D eigenvalue weighted by atomic mass is 10.4. The van der Waals surface area contributed by atoms with Crippen molar-refractivity contribution in [2.24, 2.45) is 0 Å². The molecule has 1 N–H and O–H groups in total. The Morgan fingerprint density at radius 3 is 2.17 bits per heavy atom. The van der Waals surface area contributed by atoms with Crippen LogP contribution in [-0.2, 0) is 0 Å². The van der Waals surface area contributed by atoms with E-state index in [1.165, 1.54) is 0 Å². The number of nitriles is 1. The van der Waals surface area contributed by atoms with Gasteiger partial charge in [-0.25, -0.2) is 0 Å². The molecule has 0 bridgehead atoms. The molecular weight excluding hydrogens is 78.0 g/mol. The highest BCUT2D eigenvalue weighted by Gasteiger charge is 2.40. The maximum atomic E-state index is 8.58. The van der Waals surface area contributed by atoms with Crippen LogP contribution in [0.25, 0.3) is 0 Å². The zero-order valence-corrected chi connectivity index (χ0v) is 3.31. The highest BCUT2D eigenvalue weighted by molar-refractivity contribution is 5.11. The molecule has 0 aromatic carbocycles. The van der Waals surface area contributed by atoms with Crippen LogP contribution in [0.4, 0.5) is 0 Å². The Hall–Kier alpha value is -0.550. The number of rotatable bonds is 0. The molecule has 0 radical (unpaired) electrons. The highest BCUT2D eigenvalue weighted by Crippen LogP contribution is 2.33. The van der Waals surface area contributed by atoms with Gasteiger partial charge >= 0.3 is 0 Å². The fourth-order valence-corrected chi connectivity index (χ4v) is 0.230. The number of aliphatic hydroxyl groups is 1. The molecular formula is C4H5NO. The third-order valence-corrected chi connectivity index (χ3v) is 0.932. The van der Waals surface area contributed by atoms with Crippen molar-refractivity contribution >= 4 is 0 Å². The first-order valence-corrected chi connectivity index (χ1v) is 1.90. The fraction of sp³-hybridized carbons (Fsp3) is 0.750. The summed E-state index contributed by atoms with van der Waals surface area (Å²) in [5, 5.41) is 16.5. The molecule has 6 heavy (non-hydrogen) atoms. The summed E-state index contributed by atoms with van der Waals surface area (Å²) in [6.07, 6.45) is 1.34. The lowest BCUT2D eigenvalue weighted by Crippen LogP contribution is -1.98. The normalized spacial score (nSPS) is 25.3. The van der Waals surface area contributed by atoms with Gasteiger partial charge in [-0.3, -0.25) is 0 Å². The third-order valence-electron chi connectivity index (χ3n) is 0.932. The molecule has 0 amide bonds. The Labute approximate surface area is 36.0 Å². The number of hydrogen-bond donors (Lipinski definition) is 1. The lowest BCUT2D eigenvalue weighted by Gasteiger charge is -1.83. The molecule has 32 valence electrons. The van der Waals surface area contributed by atoms with E-state index in [1.54, 1.807) is 6.07 Å². The molecule has 0 spiro atoms. The van der Waals surface area contributed by atoms with E-state index in [0.29, 0.717) is 12.8 Å². The van der Waals surface area contributed by atoms with Crippen molar-refractivity contribution in [3.05, 3.63) is 0 Å². The molecule has 0 heterocycles. The van der Waals surface area contributed by atoms with Gasteiger partial charge in [0.15, 0.2) is 5.60 Å². The molecule has 2 heteroatoms. The van der Waals surface area contributed by atoms with Crippen molar-refractivity contribution in [1.82, 2.24) is 0 Å². The van der Waals surface area contributed by atoms with Crippen LogP contribution in [0.2, 0.25) is 0 Å². The van der Waals surface area contributed by atoms with Crippen LogP contribution in [-0.4, -0.2) is 10.7 Å². The second-order valence-electron chi connectivity index (χ2n) is 1.64. The molecule has 1 rings (SSSR count). The summed E-state index contributed by atoms with van der Waals surface area (Å²) in [5.41, 5.74) is -0.903. The zero-order chi connectivity index (χ0) is 4.62. The number of nitrogens with zero attached hydrogens (tertiary/aromatic N) is 1. The molecule has 0 aliphatic heterocycles. The average Bonchev–Trinajstić information content (AvgIpc) is 2.22. The minimum atomic E-state index is -0.903. The Kier molecular flexibility index (Phi) is 0.449. The summed E-state index contributed by atoms with van der Waals surface area (Å²) >= 11 is 0. The molecule has 0 aromatic heterocycles. The van der Waals surface area contributed by atoms with Gasteiger partial charge in [0.1, 0.15) is 0 Å². The van der Waals surface area contributed by atoms with Crippen molar-refractivity contribution in [3.8, 4) is 6.07 Å². The first-order valence-electron chi connectivity index (χ1n) is 1.90. The molecule has 1 saturated carbocycles. The van der Waals surface area contributed by atoms with Gasteiger partial charge in [0, 0.05) is 0 Å². The Balaban J connectivity index is 2.54. The van der Waals surface area contributed by atoms with Gasteiger partial charge in [-0.05, 0) is 12.8 Å². The van der Waals surface area contributed by atoms with Crippen molar-refractivity contribution < 1.29 is 5.11 Å². The Morgan fingerprint density at radius 2 is 2.17 bits per heavy atom. The monoisotopic (exact) mass is 83.0 g/mol. The van der Waals surface area contributed by atoms with E-state index in [4.69, 9.17) is 10.4 Å². The summed E-state index contributed by atoms with van der Waals surface area (Å²) in [6.45, 7) is 0. The van der Waals surface area contributed by atoms with E-state index in [0.717, 1.165) is 0 Å². The van der Waals surface area contributed by atoms with Crippen molar-refractivity contribution in [2.45, 2.75) is 18.4 Å². The van der Waals surface area contributed by atoms with E-state index < -0.39 is 5.60 Å². The molecule has 0 saturated heterocycles. The predicted octanol–water partition coefficient (Wildman–Crippen LogP) is 0.0349. The topological polar surface area (TPSA) is 44.0 Å². The quantitative estimate of drug-likeness (QED) is 0.420. The van der Waals surface area contributed by atoms with E-state index in [-0.39, 0.29) is 0 Å². The minimum absolute atomic E-state index is 0.670. The highest BCUT2D eigenvalue weighted by atomic mass is 16.3. The summed E-state index contributed by atoms with van der Waals surface area (Å²) in [6, 6.07) is 1.77. The molecule has 2 nitrogen and oxygen atoms in total. The fourth-order valence-electron chi connectivity index (χ4n) is 0.230. The SMILES string of the molecule is N#CC1(O)CC1. The van der Waals surface area contributed by atoms with Crippen molar-refractivity contribution in [1.29, 1.82) is 5.26 Å². The summed E-state index contributed by atoms with van der Waals surface area (Å²) in [5.74, 6) is 0. The van der Waals surface area contributed by atoms with Gasteiger partial charge < -0.3 is 5.11 Å². The van der Waals surface area contributed by atoms with Gasteiger partial charge in [-0.15, -0.1) is 0 Å². The van der Waals surface area contributed by atoms with E-state index in [2.05, 4.69) is 0 Å². The van der Waals surface area contributed by atoms with Crippen LogP contribution in [0.5, 0.6) is 0 Å². The van der Waals surface area contributed by atoms with E-state index >= 15 is 0 Å². The van der Waals surface area contributed by atoms with Gasteiger partial charge in [0.05, 0.1) is 6.07 Å². The molecule has 1 fully saturated rings. The van der Waals surface area contributed by atoms with Crippen molar-refractivity contribution in [3.63, 3.8) is 0 Å². The molecule has 0 aromatic rings. The minimum Gasteiger partial charge on any atom is -0.375 e. The summed E-state index contributed by atoms with van der Waals surface area (Å²) < 4.78 is 0. The average molecular weight is 83.1 g/mol. The van der Waals surface area contributed by atoms with Gasteiger partial charge in [0.2, 0.25) is 0 Å². The Bertz CT molecular complexity index is 98.6. The summed E-state index contributed by atoms with van der Waals surface area (Å²) in [7, 11) is 0. The third kappa shape index (κ3) is 0.373. The smallest absolute Gasteiger partial charge is 0.151 e. The van der Waals surface area contributed by atoms with Crippen LogP contribution >= 0.6 is 0 Å². The van der Waals surface area contributed by atoms with Gasteiger partial charge in [0.25, 0.3) is 0 Å². The van der Waals surface area contributed by atoms with Gasteiger partial charge in [-0.1, -0.05) is 0 Å². The van der Waals surface area contributed by atoms with E-state index in [9.17, 15) is 0 Å². The molecule has 1 aliphatic carbocycles. The largest absolute Gasteiger partial charge is 0.375 e. The summed E-state index contributed by atoms with van der Waals surface area (Å²) in [4.78, 5) is 0. The molecule has 0 unspecified atom stereocenters. The first-order chi connectivity index (χ1) is 2.77. The van der Waals surface area contributed by atoms with E-state index in [1.807, 2.05) is 0 Å². The van der Waals surface area contributed by atoms with Gasteiger partial charge in [-0.2, -0.15) is 5.26 Å². The predicted molar refractivity (Wildman–Crippen MR) is 19.8 cm³/mol. The second-order valence-corrected chi connectivity index (χ2v) is 1.64. The zero-order valence-electron chi connectivity index (χ0n) is 3.31. The standard InChI is InChI=1S/C4H5NO/c5-3-4(6)1-2-4/h6H,1-2H2. The van der Waals surface area contributed by atoms with Crippen LogP contribution in [0.15, 0.2) is 0 Å². The molecule has 1 aliphatic rings. The maximum absolute atomic E-state index is 8.58. The maximum Gasteiger partial charge on any atom is 0.151 e. The van der Waals surface area contributed by atoms with Crippen LogP contribution < -0.4 is 0 Å². The molecule has 0 atom stereocenters. The lowest BCUT2D eigenvalue weighted by molar-refractivity contribution is 0.210. The van der Waals surface area contributed by atoms with Crippen LogP contribution in [0.1, 0.15) is 12.8 Å².